The summed E-state index contributed by atoms with van der Waals surface area (Å²) in [6.07, 6.45) is 3.07. The number of hydrogen-bond donors (Lipinski definition) is 0. The maximum absolute atomic E-state index is 11.2. The van der Waals surface area contributed by atoms with E-state index in [1.807, 2.05) is 6.92 Å². The molecular formula is C13H24O4Si. The summed E-state index contributed by atoms with van der Waals surface area (Å²) >= 11 is 0. The molecule has 1 aliphatic rings. The van der Waals surface area contributed by atoms with E-state index in [2.05, 4.69) is 20.8 Å². The van der Waals surface area contributed by atoms with Crippen molar-refractivity contribution in [3.63, 3.8) is 0 Å². The van der Waals surface area contributed by atoms with Gasteiger partial charge in [0.2, 0.25) is 0 Å². The molecule has 0 aromatic carbocycles. The Hall–Kier alpha value is -0.653. The highest BCUT2D eigenvalue weighted by atomic mass is 28.4. The Morgan fingerprint density at radius 3 is 2.22 bits per heavy atom. The summed E-state index contributed by atoms with van der Waals surface area (Å²) in [6.45, 7) is 9.19. The number of cyclic esters (lactones) is 1. The minimum atomic E-state index is -1.69. The normalized spacial score (nSPS) is 23.4. The minimum absolute atomic E-state index is 0.310. The standard InChI is InChI=1S/C13H24O4Si/c1-5-15-13(10-9-12(14)17-13)11-16-18(6-2,7-3)8-4/h9-10H,5-8,11H2,1-4H3/t13-/m0/s1. The zero-order valence-electron chi connectivity index (χ0n) is 11.8. The molecule has 0 aliphatic carbocycles. The molecule has 1 aliphatic heterocycles. The third-order valence-corrected chi connectivity index (χ3v) is 8.27. The molecule has 0 aromatic rings. The van der Waals surface area contributed by atoms with E-state index in [-0.39, 0.29) is 5.97 Å². The number of esters is 1. The van der Waals surface area contributed by atoms with E-state index in [1.54, 1.807) is 6.08 Å². The Morgan fingerprint density at radius 1 is 1.22 bits per heavy atom. The Bertz CT molecular complexity index is 304. The van der Waals surface area contributed by atoms with Crippen LogP contribution >= 0.6 is 0 Å². The number of hydrogen-bond acceptors (Lipinski definition) is 4. The van der Waals surface area contributed by atoms with E-state index in [0.29, 0.717) is 13.2 Å². The molecule has 0 spiro atoms. The molecule has 0 N–H and O–H groups in total. The van der Waals surface area contributed by atoms with Crippen LogP contribution < -0.4 is 0 Å². The van der Waals surface area contributed by atoms with Gasteiger partial charge in [0, 0.05) is 12.7 Å². The molecule has 0 bridgehead atoms. The summed E-state index contributed by atoms with van der Waals surface area (Å²) in [5.41, 5.74) is 0. The summed E-state index contributed by atoms with van der Waals surface area (Å²) in [6, 6.07) is 3.21. The second-order valence-electron chi connectivity index (χ2n) is 4.53. The molecule has 18 heavy (non-hydrogen) atoms. The molecule has 4 nitrogen and oxygen atoms in total. The molecular weight excluding hydrogens is 248 g/mol. The average Bonchev–Trinajstić information content (AvgIpc) is 2.74. The Balaban J connectivity index is 2.68. The average molecular weight is 272 g/mol. The van der Waals surface area contributed by atoms with E-state index >= 15 is 0 Å². The predicted molar refractivity (Wildman–Crippen MR) is 72.7 cm³/mol. The van der Waals surface area contributed by atoms with Gasteiger partial charge in [-0.05, 0) is 31.1 Å². The molecule has 0 amide bonds. The summed E-state index contributed by atoms with van der Waals surface area (Å²) in [5.74, 6) is -1.35. The topological polar surface area (TPSA) is 44.8 Å². The lowest BCUT2D eigenvalue weighted by atomic mass is 10.3. The van der Waals surface area contributed by atoms with Crippen molar-refractivity contribution in [2.75, 3.05) is 13.2 Å². The van der Waals surface area contributed by atoms with Crippen molar-refractivity contribution >= 4 is 14.3 Å². The van der Waals surface area contributed by atoms with E-state index in [4.69, 9.17) is 13.9 Å². The van der Waals surface area contributed by atoms with Gasteiger partial charge in [0.05, 0.1) is 0 Å². The Kier molecular flexibility index (Phi) is 5.56. The van der Waals surface area contributed by atoms with Crippen LogP contribution in [0.15, 0.2) is 12.2 Å². The first-order valence-electron chi connectivity index (χ1n) is 6.75. The maximum Gasteiger partial charge on any atom is 0.333 e. The van der Waals surface area contributed by atoms with Gasteiger partial charge in [0.25, 0.3) is 5.79 Å². The van der Waals surface area contributed by atoms with Gasteiger partial charge in [0.15, 0.2) is 8.32 Å². The van der Waals surface area contributed by atoms with Crippen LogP contribution in [0.2, 0.25) is 18.1 Å². The molecule has 0 radical (unpaired) electrons. The second-order valence-corrected chi connectivity index (χ2v) is 9.31. The molecule has 0 aromatic heterocycles. The first-order chi connectivity index (χ1) is 8.55. The van der Waals surface area contributed by atoms with E-state index in [1.165, 1.54) is 6.08 Å². The fourth-order valence-electron chi connectivity index (χ4n) is 2.18. The van der Waals surface area contributed by atoms with Gasteiger partial charge in [-0.25, -0.2) is 4.79 Å². The second kappa shape index (κ2) is 6.50. The van der Waals surface area contributed by atoms with Crippen LogP contribution in [0.3, 0.4) is 0 Å². The Morgan fingerprint density at radius 2 is 1.83 bits per heavy atom. The highest BCUT2D eigenvalue weighted by molar-refractivity contribution is 6.73. The van der Waals surface area contributed by atoms with Gasteiger partial charge in [0.1, 0.15) is 6.61 Å². The largest absolute Gasteiger partial charge is 0.423 e. The Labute approximate surface area is 110 Å². The smallest absolute Gasteiger partial charge is 0.333 e. The molecule has 1 atom stereocenters. The van der Waals surface area contributed by atoms with Crippen LogP contribution in [-0.2, 0) is 18.7 Å². The third-order valence-electron chi connectivity index (χ3n) is 3.65. The predicted octanol–water partition coefficient (Wildman–Crippen LogP) is 2.85. The fourth-order valence-corrected chi connectivity index (χ4v) is 4.80. The van der Waals surface area contributed by atoms with Crippen LogP contribution in [0.1, 0.15) is 27.7 Å². The van der Waals surface area contributed by atoms with Gasteiger partial charge < -0.3 is 13.9 Å². The maximum atomic E-state index is 11.2. The molecule has 5 heteroatoms. The quantitative estimate of drug-likeness (QED) is 0.503. The van der Waals surface area contributed by atoms with Crippen LogP contribution in [0, 0.1) is 0 Å². The summed E-state index contributed by atoms with van der Waals surface area (Å²) in [7, 11) is -1.69. The third kappa shape index (κ3) is 3.43. The van der Waals surface area contributed by atoms with Crippen molar-refractivity contribution in [1.29, 1.82) is 0 Å². The van der Waals surface area contributed by atoms with Crippen LogP contribution in [0.4, 0.5) is 0 Å². The summed E-state index contributed by atoms with van der Waals surface area (Å²) in [4.78, 5) is 11.2. The van der Waals surface area contributed by atoms with Crippen molar-refractivity contribution in [3.05, 3.63) is 12.2 Å². The van der Waals surface area contributed by atoms with E-state index < -0.39 is 14.1 Å². The monoisotopic (exact) mass is 272 g/mol. The molecule has 104 valence electrons. The minimum Gasteiger partial charge on any atom is -0.423 e. The van der Waals surface area contributed by atoms with Gasteiger partial charge >= 0.3 is 5.97 Å². The van der Waals surface area contributed by atoms with Crippen molar-refractivity contribution in [3.8, 4) is 0 Å². The SMILES string of the molecule is CCO[C@@]1(CO[Si](CC)(CC)CC)C=CC(=O)O1. The number of rotatable bonds is 8. The molecule has 0 fully saturated rings. The van der Waals surface area contributed by atoms with Crippen molar-refractivity contribution in [2.24, 2.45) is 0 Å². The molecule has 1 rings (SSSR count). The van der Waals surface area contributed by atoms with Crippen LogP contribution in [0.5, 0.6) is 0 Å². The fraction of sp³-hybridized carbons (Fsp3) is 0.769. The van der Waals surface area contributed by atoms with Gasteiger partial charge in [-0.3, -0.25) is 0 Å². The van der Waals surface area contributed by atoms with E-state index in [0.717, 1.165) is 18.1 Å². The lowest BCUT2D eigenvalue weighted by molar-refractivity contribution is -0.207. The highest BCUT2D eigenvalue weighted by Crippen LogP contribution is 2.27. The van der Waals surface area contributed by atoms with Crippen LogP contribution in [-0.4, -0.2) is 33.3 Å². The van der Waals surface area contributed by atoms with Gasteiger partial charge in [-0.1, -0.05) is 20.8 Å². The molecule has 1 heterocycles. The molecule has 0 saturated heterocycles. The summed E-state index contributed by atoms with van der Waals surface area (Å²) < 4.78 is 17.0. The van der Waals surface area contributed by atoms with Crippen LogP contribution in [0.25, 0.3) is 0 Å². The lowest BCUT2D eigenvalue weighted by Crippen LogP contribution is -2.45. The van der Waals surface area contributed by atoms with Crippen molar-refractivity contribution < 1.29 is 18.7 Å². The lowest BCUT2D eigenvalue weighted by Gasteiger charge is -2.33. The zero-order chi connectivity index (χ0) is 13.6. The number of carbonyl (C=O) groups excluding carboxylic acids is 1. The molecule has 0 unspecified atom stereocenters. The van der Waals surface area contributed by atoms with Gasteiger partial charge in [-0.15, -0.1) is 0 Å². The summed E-state index contributed by atoms with van der Waals surface area (Å²) in [5, 5.41) is 0. The van der Waals surface area contributed by atoms with Crippen molar-refractivity contribution in [2.45, 2.75) is 51.6 Å². The number of carbonyl (C=O) groups is 1. The first kappa shape index (κ1) is 15.4. The molecule has 0 saturated carbocycles. The van der Waals surface area contributed by atoms with Crippen molar-refractivity contribution in [1.82, 2.24) is 0 Å². The van der Waals surface area contributed by atoms with E-state index in [9.17, 15) is 4.79 Å². The highest BCUT2D eigenvalue weighted by Gasteiger charge is 2.40. The van der Waals surface area contributed by atoms with Gasteiger partial charge in [-0.2, -0.15) is 0 Å². The zero-order valence-corrected chi connectivity index (χ0v) is 12.8. The number of ether oxygens (including phenoxy) is 2. The first-order valence-corrected chi connectivity index (χ1v) is 9.28.